The smallest absolute Gasteiger partial charge is 0.329 e. The first-order chi connectivity index (χ1) is 35.6. The van der Waals surface area contributed by atoms with E-state index in [0.717, 1.165) is 18.4 Å². The number of piperidine rings is 2. The average molecular weight is 1040 g/mol. The molecule has 5 heterocycles. The van der Waals surface area contributed by atoms with Gasteiger partial charge in [-0.1, -0.05) is 48.9 Å². The van der Waals surface area contributed by atoms with Crippen LogP contribution in [0.3, 0.4) is 0 Å². The van der Waals surface area contributed by atoms with E-state index in [0.29, 0.717) is 70.3 Å². The molecular weight excluding hydrogens is 984 g/mol. The molecule has 5 aromatic rings. The summed E-state index contributed by atoms with van der Waals surface area (Å²) in [5, 5.41) is 19.4. The number of aliphatic hydroxyl groups is 1. The molecule has 392 valence electrons. The number of carbonyl (C=O) groups excluding carboxylic acids is 4. The zero-order chi connectivity index (χ0) is 52.2. The Hall–Kier alpha value is -6.28. The standard InChI is InChI=1S/C54H59ClF4N8O7/c1-29-42-40(26-38(57)46(55)45(42)44-35(50(60)70)14-15-39(47(44)58)73-24-23-68)74-54(29,32-7-4-3-5-8-32)28-61-33-12-10-31(11-13-33)52(71)66-19-6-9-34(27-66)65-20-16-30(17-21-65)43-37(56)25-36-49(48(43)59)64(2)63-51(36)67-22-18-41(69)62-53(67)72/h3-5,7-8,14-15,25-26,29-31,33-34,61,68H,6,9-13,16-24,27-28H2,1-2H3,(H2,60,70)(H,62,69,72). The van der Waals surface area contributed by atoms with E-state index in [-0.39, 0.29) is 106 Å². The van der Waals surface area contributed by atoms with E-state index >= 15 is 17.6 Å². The zero-order valence-electron chi connectivity index (χ0n) is 41.2. The molecule has 0 bridgehead atoms. The Morgan fingerprint density at radius 3 is 2.38 bits per heavy atom. The number of hydrogen-bond donors (Lipinski definition) is 4. The Kier molecular flexibility index (Phi) is 14.4. The molecule has 1 saturated carbocycles. The third-order valence-corrected chi connectivity index (χ3v) is 16.5. The van der Waals surface area contributed by atoms with E-state index in [9.17, 15) is 24.3 Å². The third kappa shape index (κ3) is 9.23. The number of rotatable bonds is 13. The van der Waals surface area contributed by atoms with Gasteiger partial charge in [0, 0.05) is 91.9 Å². The Balaban J connectivity index is 0.785. The van der Waals surface area contributed by atoms with Crippen LogP contribution < -0.4 is 30.7 Å². The molecule has 1 aromatic heterocycles. The fraction of sp³-hybridized carbons (Fsp3) is 0.463. The molecule has 0 spiro atoms. The number of carbonyl (C=O) groups is 4. The number of hydrogen-bond acceptors (Lipinski definition) is 10. The summed E-state index contributed by atoms with van der Waals surface area (Å²) in [5.41, 5.74) is 5.23. The number of primary amides is 1. The molecule has 5 amide bonds. The van der Waals surface area contributed by atoms with Crippen LogP contribution in [0.25, 0.3) is 22.0 Å². The van der Waals surface area contributed by atoms with Crippen LogP contribution in [0.2, 0.25) is 5.02 Å². The highest BCUT2D eigenvalue weighted by Crippen LogP contribution is 2.57. The Bertz CT molecular complexity index is 3020. The van der Waals surface area contributed by atoms with Crippen molar-refractivity contribution in [3.05, 3.63) is 105 Å². The van der Waals surface area contributed by atoms with E-state index in [2.05, 4.69) is 20.6 Å². The molecule has 4 fully saturated rings. The fourth-order valence-electron chi connectivity index (χ4n) is 12.3. The van der Waals surface area contributed by atoms with Crippen molar-refractivity contribution in [3.63, 3.8) is 0 Å². The van der Waals surface area contributed by atoms with Gasteiger partial charge in [0.2, 0.25) is 17.7 Å². The Morgan fingerprint density at radius 2 is 1.68 bits per heavy atom. The highest BCUT2D eigenvalue weighted by Gasteiger charge is 2.50. The van der Waals surface area contributed by atoms with Crippen molar-refractivity contribution in [3.8, 4) is 22.6 Å². The molecule has 10 rings (SSSR count). The molecule has 4 aromatic carbocycles. The van der Waals surface area contributed by atoms with E-state index in [1.54, 1.807) is 7.05 Å². The Labute approximate surface area is 430 Å². The fourth-order valence-corrected chi connectivity index (χ4v) is 12.5. The van der Waals surface area contributed by atoms with Crippen molar-refractivity contribution in [1.82, 2.24) is 30.2 Å². The van der Waals surface area contributed by atoms with E-state index in [1.807, 2.05) is 42.2 Å². The van der Waals surface area contributed by atoms with Gasteiger partial charge in [0.1, 0.15) is 29.5 Å². The number of nitrogens with zero attached hydrogens (tertiary/aromatic N) is 5. The summed E-state index contributed by atoms with van der Waals surface area (Å²) in [4.78, 5) is 56.9. The number of nitrogens with one attached hydrogen (secondary N) is 2. The number of fused-ring (bicyclic) bond motifs is 2. The maximum atomic E-state index is 16.5. The number of likely N-dealkylation sites (tertiary alicyclic amines) is 2. The van der Waals surface area contributed by atoms with Crippen molar-refractivity contribution in [2.45, 2.75) is 94.2 Å². The molecule has 74 heavy (non-hydrogen) atoms. The lowest BCUT2D eigenvalue weighted by Gasteiger charge is -2.43. The Morgan fingerprint density at radius 1 is 0.932 bits per heavy atom. The zero-order valence-corrected chi connectivity index (χ0v) is 42.0. The van der Waals surface area contributed by atoms with Gasteiger partial charge < -0.3 is 30.5 Å². The van der Waals surface area contributed by atoms with Crippen LogP contribution in [0, 0.1) is 29.2 Å². The van der Waals surface area contributed by atoms with Crippen LogP contribution >= 0.6 is 11.6 Å². The lowest BCUT2D eigenvalue weighted by Crippen LogP contribution is -2.53. The number of aryl methyl sites for hydroxylation is 1. The number of benzene rings is 4. The molecule has 5 N–H and O–H groups in total. The summed E-state index contributed by atoms with van der Waals surface area (Å²) in [6.45, 7) is 4.03. The van der Waals surface area contributed by atoms with Gasteiger partial charge in [-0.3, -0.25) is 34.2 Å². The lowest BCUT2D eigenvalue weighted by molar-refractivity contribution is -0.139. The summed E-state index contributed by atoms with van der Waals surface area (Å²) in [6.07, 6.45) is 5.60. The van der Waals surface area contributed by atoms with Crippen LogP contribution in [-0.4, -0.2) is 113 Å². The quantitative estimate of drug-likeness (QED) is 0.0850. The molecule has 3 saturated heterocycles. The van der Waals surface area contributed by atoms with Gasteiger partial charge in [-0.25, -0.2) is 22.4 Å². The minimum Gasteiger partial charge on any atom is -0.488 e. The second-order valence-electron chi connectivity index (χ2n) is 20.3. The third-order valence-electron chi connectivity index (χ3n) is 16.1. The van der Waals surface area contributed by atoms with Gasteiger partial charge in [-0.05, 0) is 94.1 Å². The number of imide groups is 1. The molecule has 5 aliphatic rings. The van der Waals surface area contributed by atoms with Crippen molar-refractivity contribution >= 4 is 52.1 Å². The number of halogens is 5. The van der Waals surface area contributed by atoms with Crippen molar-refractivity contribution in [2.75, 3.05) is 57.4 Å². The van der Waals surface area contributed by atoms with Crippen molar-refractivity contribution in [1.29, 1.82) is 0 Å². The monoisotopic (exact) mass is 1040 g/mol. The SMILES string of the molecule is CC1c2c(cc(F)c(Cl)c2-c2c(C(N)=O)ccc(OCCO)c2F)OC1(CNC1CCC(C(=O)N2CCCC(N3CCC(c4c(F)cc5c(N6CCC(=O)NC6=O)nn(C)c5c4F)CC3)C2)CC1)c1ccccc1. The van der Waals surface area contributed by atoms with Crippen molar-refractivity contribution < 1.29 is 51.3 Å². The summed E-state index contributed by atoms with van der Waals surface area (Å²) >= 11 is 6.72. The molecule has 3 atom stereocenters. The van der Waals surface area contributed by atoms with Gasteiger partial charge in [-0.15, -0.1) is 0 Å². The van der Waals surface area contributed by atoms with E-state index < -0.39 is 64.3 Å². The predicted molar refractivity (Wildman–Crippen MR) is 268 cm³/mol. The minimum absolute atomic E-state index is 0.00652. The second-order valence-corrected chi connectivity index (χ2v) is 20.7. The number of aromatic nitrogens is 2. The van der Waals surface area contributed by atoms with Gasteiger partial charge in [0.15, 0.2) is 28.8 Å². The van der Waals surface area contributed by atoms with Crippen LogP contribution in [0.15, 0.2) is 54.6 Å². The normalized spacial score (nSPS) is 23.7. The van der Waals surface area contributed by atoms with Crippen LogP contribution in [0.4, 0.5) is 28.2 Å². The molecule has 1 aliphatic carbocycles. The number of urea groups is 1. The minimum atomic E-state index is -1.15. The summed E-state index contributed by atoms with van der Waals surface area (Å²) < 4.78 is 78.3. The first kappa shape index (κ1) is 51.2. The molecule has 0 radical (unpaired) electrons. The molecular formula is C54H59ClF4N8O7. The first-order valence-corrected chi connectivity index (χ1v) is 25.8. The average Bonchev–Trinajstić information content (AvgIpc) is 3.89. The highest BCUT2D eigenvalue weighted by molar-refractivity contribution is 6.34. The predicted octanol–water partition coefficient (Wildman–Crippen LogP) is 7.78. The largest absolute Gasteiger partial charge is 0.488 e. The van der Waals surface area contributed by atoms with Gasteiger partial charge in [0.05, 0.1) is 22.6 Å². The van der Waals surface area contributed by atoms with Crippen LogP contribution in [-0.2, 0) is 22.2 Å². The van der Waals surface area contributed by atoms with Crippen LogP contribution in [0.5, 0.6) is 11.5 Å². The summed E-state index contributed by atoms with van der Waals surface area (Å²) in [7, 11) is 1.55. The highest BCUT2D eigenvalue weighted by atomic mass is 35.5. The lowest BCUT2D eigenvalue weighted by atomic mass is 9.77. The first-order valence-electron chi connectivity index (χ1n) is 25.4. The maximum absolute atomic E-state index is 16.5. The van der Waals surface area contributed by atoms with Crippen molar-refractivity contribution in [2.24, 2.45) is 18.7 Å². The summed E-state index contributed by atoms with van der Waals surface area (Å²) in [5.74, 6) is -5.71. The summed E-state index contributed by atoms with van der Waals surface area (Å²) in [6, 6.07) is 13.8. The molecule has 4 aliphatic heterocycles. The van der Waals surface area contributed by atoms with Crippen LogP contribution in [0.1, 0.15) is 104 Å². The number of anilines is 1. The van der Waals surface area contributed by atoms with Gasteiger partial charge in [0.25, 0.3) is 0 Å². The number of nitrogens with two attached hydrogens (primary N) is 1. The van der Waals surface area contributed by atoms with Gasteiger partial charge in [-0.2, -0.15) is 5.10 Å². The second kappa shape index (κ2) is 20.8. The number of amides is 5. The molecule has 20 heteroatoms. The van der Waals surface area contributed by atoms with E-state index in [4.69, 9.17) is 26.8 Å². The van der Waals surface area contributed by atoms with Gasteiger partial charge >= 0.3 is 6.03 Å². The molecule has 3 unspecified atom stereocenters. The topological polar surface area (TPSA) is 185 Å². The number of ether oxygens (including phenoxy) is 2. The van der Waals surface area contributed by atoms with E-state index in [1.165, 1.54) is 33.8 Å². The number of aliphatic hydroxyl groups excluding tert-OH is 1. The molecule has 15 nitrogen and oxygen atoms in total. The maximum Gasteiger partial charge on any atom is 0.329 e.